The molecule has 0 bridgehead atoms. The second-order valence-corrected chi connectivity index (χ2v) is 10.9. The van der Waals surface area contributed by atoms with Gasteiger partial charge in [-0.3, -0.25) is 4.79 Å². The molecule has 7 heteroatoms. The number of hydrogen-bond acceptors (Lipinski definition) is 4. The van der Waals surface area contributed by atoms with Crippen LogP contribution in [0.5, 0.6) is 0 Å². The molecule has 0 aromatic heterocycles. The number of ketones is 1. The predicted molar refractivity (Wildman–Crippen MR) is 118 cm³/mol. The standard InChI is InChI=1S/C24H34F2N2O2.ClH/c1-23-8-5-14(28-30-15-7-10-27-13-15)11-20(23)17(22(25)26)12-16-18-3-4-21(29)24(18,2)9-6-19(16)23;/h15-16,18-20,27H,3-13H2,1-2H3;1H/t15-,16+,18+,19-,20?,23-,24+;/m1./s1. The molecule has 0 amide bonds. The molecule has 1 heterocycles. The molecule has 7 atom stereocenters. The third-order valence-electron chi connectivity index (χ3n) is 9.65. The Balaban J connectivity index is 0.00000231. The maximum atomic E-state index is 14.2. The van der Waals surface area contributed by atoms with Crippen molar-refractivity contribution in [3.8, 4) is 0 Å². The van der Waals surface area contributed by atoms with E-state index in [1.807, 2.05) is 0 Å². The van der Waals surface area contributed by atoms with Crippen LogP contribution in [0.2, 0.25) is 0 Å². The molecule has 4 aliphatic carbocycles. The van der Waals surface area contributed by atoms with Crippen molar-refractivity contribution in [2.75, 3.05) is 13.1 Å². The Morgan fingerprint density at radius 3 is 2.61 bits per heavy atom. The highest BCUT2D eigenvalue weighted by molar-refractivity contribution is 5.87. The molecule has 0 aromatic rings. The Morgan fingerprint density at radius 1 is 1.10 bits per heavy atom. The normalized spacial score (nSPS) is 45.5. The molecule has 1 saturated heterocycles. The summed E-state index contributed by atoms with van der Waals surface area (Å²) in [5.74, 6) is 1.12. The Morgan fingerprint density at radius 2 is 1.90 bits per heavy atom. The van der Waals surface area contributed by atoms with E-state index in [-0.39, 0.29) is 47.1 Å². The van der Waals surface area contributed by atoms with Gasteiger partial charge in [0.25, 0.3) is 6.08 Å². The van der Waals surface area contributed by atoms with Gasteiger partial charge in [-0.25, -0.2) is 0 Å². The second-order valence-electron chi connectivity index (χ2n) is 10.9. The van der Waals surface area contributed by atoms with E-state index in [0.717, 1.165) is 57.3 Å². The number of halogens is 3. The maximum absolute atomic E-state index is 14.2. The van der Waals surface area contributed by atoms with Crippen LogP contribution in [0.1, 0.15) is 71.6 Å². The number of fused-ring (bicyclic) bond motifs is 5. The molecule has 0 aromatic carbocycles. The van der Waals surface area contributed by atoms with Gasteiger partial charge in [0.05, 0.1) is 5.71 Å². The molecule has 0 radical (unpaired) electrons. The summed E-state index contributed by atoms with van der Waals surface area (Å²) >= 11 is 0. The summed E-state index contributed by atoms with van der Waals surface area (Å²) in [7, 11) is 0. The summed E-state index contributed by atoms with van der Waals surface area (Å²) in [6, 6.07) is 0. The zero-order chi connectivity index (χ0) is 21.1. The first-order valence-corrected chi connectivity index (χ1v) is 11.8. The van der Waals surface area contributed by atoms with Gasteiger partial charge in [-0.15, -0.1) is 12.4 Å². The summed E-state index contributed by atoms with van der Waals surface area (Å²) < 4.78 is 28.5. The van der Waals surface area contributed by atoms with E-state index in [0.29, 0.717) is 36.5 Å². The summed E-state index contributed by atoms with van der Waals surface area (Å²) in [6.45, 7) is 6.11. The second kappa shape index (κ2) is 8.40. The van der Waals surface area contributed by atoms with Crippen LogP contribution in [-0.2, 0) is 9.63 Å². The number of allylic oxidation sites excluding steroid dienone is 1. The third-order valence-corrected chi connectivity index (χ3v) is 9.65. The zero-order valence-corrected chi connectivity index (χ0v) is 19.4. The molecule has 174 valence electrons. The summed E-state index contributed by atoms with van der Waals surface area (Å²) in [4.78, 5) is 18.3. The molecule has 5 rings (SSSR count). The van der Waals surface area contributed by atoms with E-state index < -0.39 is 6.08 Å². The minimum Gasteiger partial charge on any atom is -0.391 e. The first kappa shape index (κ1) is 23.2. The van der Waals surface area contributed by atoms with Crippen molar-refractivity contribution < 1.29 is 18.4 Å². The van der Waals surface area contributed by atoms with Crippen LogP contribution in [-0.4, -0.2) is 30.7 Å². The zero-order valence-electron chi connectivity index (χ0n) is 18.6. The lowest BCUT2D eigenvalue weighted by atomic mass is 9.44. The van der Waals surface area contributed by atoms with Gasteiger partial charge in [0.2, 0.25) is 0 Å². The van der Waals surface area contributed by atoms with E-state index in [1.54, 1.807) is 0 Å². The molecule has 1 aliphatic heterocycles. The van der Waals surface area contributed by atoms with E-state index in [9.17, 15) is 13.6 Å². The molecule has 0 spiro atoms. The van der Waals surface area contributed by atoms with Crippen LogP contribution in [0.4, 0.5) is 8.78 Å². The largest absolute Gasteiger partial charge is 0.391 e. The molecule has 4 nitrogen and oxygen atoms in total. The van der Waals surface area contributed by atoms with E-state index >= 15 is 0 Å². The molecule has 1 unspecified atom stereocenters. The fourth-order valence-electron chi connectivity index (χ4n) is 7.84. The van der Waals surface area contributed by atoms with Crippen molar-refractivity contribution in [2.45, 2.75) is 77.7 Å². The molecule has 5 aliphatic rings. The van der Waals surface area contributed by atoms with Crippen molar-refractivity contribution in [1.82, 2.24) is 5.32 Å². The van der Waals surface area contributed by atoms with Gasteiger partial charge < -0.3 is 10.2 Å². The van der Waals surface area contributed by atoms with Crippen LogP contribution < -0.4 is 5.32 Å². The van der Waals surface area contributed by atoms with E-state index in [1.165, 1.54) is 0 Å². The van der Waals surface area contributed by atoms with Gasteiger partial charge >= 0.3 is 0 Å². The highest BCUT2D eigenvalue weighted by Gasteiger charge is 2.61. The van der Waals surface area contributed by atoms with Crippen LogP contribution in [0.25, 0.3) is 0 Å². The Hall–Kier alpha value is -1.01. The van der Waals surface area contributed by atoms with Crippen LogP contribution >= 0.6 is 12.4 Å². The molecule has 5 fully saturated rings. The number of rotatable bonds is 2. The average molecular weight is 457 g/mol. The van der Waals surface area contributed by atoms with Gasteiger partial charge in [0.15, 0.2) is 0 Å². The smallest absolute Gasteiger partial charge is 0.269 e. The SMILES string of the molecule is C[C@]12CCC(=NO[C@@H]3CCNC3)CC1C(=C(F)F)C[C@@H]1[C@H]2CC[C@]2(C)C(=O)CC[C@@H]12.Cl. The van der Waals surface area contributed by atoms with Gasteiger partial charge in [-0.2, -0.15) is 8.78 Å². The lowest BCUT2D eigenvalue weighted by Crippen LogP contribution is -2.54. The fourth-order valence-corrected chi connectivity index (χ4v) is 7.84. The predicted octanol–water partition coefficient (Wildman–Crippen LogP) is 5.52. The minimum absolute atomic E-state index is 0. The minimum atomic E-state index is -1.50. The monoisotopic (exact) mass is 456 g/mol. The number of Topliss-reactive ketones (excluding diaryl/α,β-unsaturated/α-hetero) is 1. The van der Waals surface area contributed by atoms with Crippen molar-refractivity contribution in [3.63, 3.8) is 0 Å². The van der Waals surface area contributed by atoms with Gasteiger partial charge in [-0.1, -0.05) is 19.0 Å². The summed E-state index contributed by atoms with van der Waals surface area (Å²) in [5.41, 5.74) is 0.866. The summed E-state index contributed by atoms with van der Waals surface area (Å²) in [5, 5.41) is 7.69. The van der Waals surface area contributed by atoms with Gasteiger partial charge in [-0.05, 0) is 86.2 Å². The number of nitrogens with zero attached hydrogens (tertiary/aromatic N) is 1. The topological polar surface area (TPSA) is 50.7 Å². The van der Waals surface area contributed by atoms with Crippen LogP contribution in [0.15, 0.2) is 16.8 Å². The Kier molecular flexibility index (Phi) is 6.28. The third kappa shape index (κ3) is 3.66. The van der Waals surface area contributed by atoms with Crippen LogP contribution in [0, 0.1) is 34.5 Å². The van der Waals surface area contributed by atoms with E-state index in [4.69, 9.17) is 4.84 Å². The number of carbonyl (C=O) groups excluding carboxylic acids is 1. The molecule has 1 N–H and O–H groups in total. The average Bonchev–Trinajstić information content (AvgIpc) is 3.34. The lowest BCUT2D eigenvalue weighted by Gasteiger charge is -2.59. The first-order chi connectivity index (χ1) is 14.3. The molecule has 4 saturated carbocycles. The highest BCUT2D eigenvalue weighted by Crippen LogP contribution is 2.66. The Labute approximate surface area is 190 Å². The highest BCUT2D eigenvalue weighted by atomic mass is 35.5. The van der Waals surface area contributed by atoms with Crippen LogP contribution in [0.3, 0.4) is 0 Å². The quantitative estimate of drug-likeness (QED) is 0.557. The summed E-state index contributed by atoms with van der Waals surface area (Å²) in [6.07, 6.45) is 5.76. The maximum Gasteiger partial charge on any atom is 0.269 e. The number of carbonyl (C=O) groups is 1. The lowest BCUT2D eigenvalue weighted by molar-refractivity contribution is -0.134. The first-order valence-electron chi connectivity index (χ1n) is 11.8. The van der Waals surface area contributed by atoms with Crippen molar-refractivity contribution in [3.05, 3.63) is 11.7 Å². The number of hydrogen-bond donors (Lipinski definition) is 1. The number of oxime groups is 1. The Bertz CT molecular complexity index is 792. The van der Waals surface area contributed by atoms with Crippen molar-refractivity contribution >= 4 is 23.9 Å². The van der Waals surface area contributed by atoms with E-state index in [2.05, 4.69) is 24.3 Å². The van der Waals surface area contributed by atoms with Gasteiger partial charge in [0, 0.05) is 24.8 Å². The fraction of sp³-hybridized carbons (Fsp3) is 0.833. The van der Waals surface area contributed by atoms with Crippen molar-refractivity contribution in [1.29, 1.82) is 0 Å². The van der Waals surface area contributed by atoms with Gasteiger partial charge in [0.1, 0.15) is 11.9 Å². The molecule has 31 heavy (non-hydrogen) atoms. The number of nitrogens with one attached hydrogen (secondary N) is 1. The molecular weight excluding hydrogens is 422 g/mol. The molecular formula is C24H35ClF2N2O2. The van der Waals surface area contributed by atoms with Crippen molar-refractivity contribution in [2.24, 2.45) is 39.7 Å².